The van der Waals surface area contributed by atoms with E-state index < -0.39 is 12.2 Å². The SMILES string of the molecule is CS[C@@H]1O[C@@H](C)[C@H](OCc2ccccc2)[C@@H](OCc2ccccc2)[C@H]1O. The van der Waals surface area contributed by atoms with E-state index in [4.69, 9.17) is 14.2 Å². The van der Waals surface area contributed by atoms with Crippen LogP contribution in [-0.2, 0) is 27.4 Å². The Hall–Kier alpha value is -1.37. The van der Waals surface area contributed by atoms with Gasteiger partial charge in [-0.25, -0.2) is 0 Å². The second-order valence-corrected chi connectivity index (χ2v) is 7.39. The van der Waals surface area contributed by atoms with Gasteiger partial charge in [0.2, 0.25) is 0 Å². The van der Waals surface area contributed by atoms with E-state index in [2.05, 4.69) is 0 Å². The highest BCUT2D eigenvalue weighted by molar-refractivity contribution is 7.99. The summed E-state index contributed by atoms with van der Waals surface area (Å²) in [7, 11) is 0. The molecule has 3 rings (SSSR count). The summed E-state index contributed by atoms with van der Waals surface area (Å²) in [5, 5.41) is 10.7. The van der Waals surface area contributed by atoms with E-state index >= 15 is 0 Å². The number of aliphatic hydroxyl groups is 1. The fraction of sp³-hybridized carbons (Fsp3) is 0.429. The van der Waals surface area contributed by atoms with Gasteiger partial charge in [0.25, 0.3) is 0 Å². The molecule has 140 valence electrons. The van der Waals surface area contributed by atoms with Gasteiger partial charge < -0.3 is 19.3 Å². The molecule has 26 heavy (non-hydrogen) atoms. The van der Waals surface area contributed by atoms with E-state index in [9.17, 15) is 5.11 Å². The lowest BCUT2D eigenvalue weighted by molar-refractivity contribution is -0.229. The van der Waals surface area contributed by atoms with Gasteiger partial charge in [-0.2, -0.15) is 0 Å². The van der Waals surface area contributed by atoms with Crippen molar-refractivity contribution in [3.8, 4) is 0 Å². The predicted molar refractivity (Wildman–Crippen MR) is 104 cm³/mol. The summed E-state index contributed by atoms with van der Waals surface area (Å²) in [6.45, 7) is 2.87. The van der Waals surface area contributed by atoms with E-state index in [-0.39, 0.29) is 17.6 Å². The number of aliphatic hydroxyl groups excluding tert-OH is 1. The smallest absolute Gasteiger partial charge is 0.132 e. The molecule has 0 spiro atoms. The van der Waals surface area contributed by atoms with E-state index in [0.717, 1.165) is 11.1 Å². The van der Waals surface area contributed by atoms with Crippen molar-refractivity contribution >= 4 is 11.8 Å². The van der Waals surface area contributed by atoms with Gasteiger partial charge in [0.15, 0.2) is 0 Å². The van der Waals surface area contributed by atoms with Crippen molar-refractivity contribution in [2.45, 2.75) is 50.0 Å². The van der Waals surface area contributed by atoms with Crippen LogP contribution in [0.4, 0.5) is 0 Å². The fourth-order valence-electron chi connectivity index (χ4n) is 3.14. The van der Waals surface area contributed by atoms with Crippen molar-refractivity contribution < 1.29 is 19.3 Å². The Morgan fingerprint density at radius 3 is 1.88 bits per heavy atom. The summed E-state index contributed by atoms with van der Waals surface area (Å²) in [5.74, 6) is 0. The summed E-state index contributed by atoms with van der Waals surface area (Å²) in [5.41, 5.74) is 1.84. The standard InChI is InChI=1S/C21H26O4S/c1-15-19(23-13-16-9-5-3-6-10-16)20(18(22)21(25-15)26-2)24-14-17-11-7-4-8-12-17/h3-12,15,18-22H,13-14H2,1-2H3/t15-,18+,19-,20-,21-/m0/s1. The minimum atomic E-state index is -0.745. The molecule has 0 amide bonds. The van der Waals surface area contributed by atoms with Gasteiger partial charge in [0.1, 0.15) is 23.7 Å². The Morgan fingerprint density at radius 2 is 1.38 bits per heavy atom. The van der Waals surface area contributed by atoms with Gasteiger partial charge >= 0.3 is 0 Å². The molecule has 2 aromatic carbocycles. The molecule has 0 saturated carbocycles. The van der Waals surface area contributed by atoms with Crippen LogP contribution in [0.25, 0.3) is 0 Å². The second-order valence-electron chi connectivity index (χ2n) is 6.46. The first-order valence-electron chi connectivity index (χ1n) is 8.86. The highest BCUT2D eigenvalue weighted by Gasteiger charge is 2.44. The summed E-state index contributed by atoms with van der Waals surface area (Å²) >= 11 is 1.49. The highest BCUT2D eigenvalue weighted by atomic mass is 32.2. The summed E-state index contributed by atoms with van der Waals surface area (Å²) < 4.78 is 18.2. The molecule has 1 fully saturated rings. The first kappa shape index (κ1) is 19.4. The number of hydrogen-bond acceptors (Lipinski definition) is 5. The number of hydrogen-bond donors (Lipinski definition) is 1. The molecule has 1 aliphatic heterocycles. The molecular weight excluding hydrogens is 348 g/mol. The molecule has 0 radical (unpaired) electrons. The van der Waals surface area contributed by atoms with E-state index in [1.807, 2.05) is 73.8 Å². The molecule has 0 aromatic heterocycles. The Labute approximate surface area is 159 Å². The third-order valence-corrected chi connectivity index (χ3v) is 5.41. The number of ether oxygens (including phenoxy) is 3. The van der Waals surface area contributed by atoms with Crippen LogP contribution < -0.4 is 0 Å². The van der Waals surface area contributed by atoms with Crippen LogP contribution in [0.1, 0.15) is 18.1 Å². The van der Waals surface area contributed by atoms with Crippen LogP contribution in [0.3, 0.4) is 0 Å². The van der Waals surface area contributed by atoms with E-state index in [1.165, 1.54) is 11.8 Å². The Kier molecular flexibility index (Phi) is 7.11. The molecule has 5 heteroatoms. The molecule has 0 bridgehead atoms. The molecule has 1 saturated heterocycles. The lowest BCUT2D eigenvalue weighted by Crippen LogP contribution is -2.57. The van der Waals surface area contributed by atoms with Gasteiger partial charge in [-0.1, -0.05) is 60.7 Å². The first-order chi connectivity index (χ1) is 12.7. The van der Waals surface area contributed by atoms with Crippen molar-refractivity contribution in [2.75, 3.05) is 6.26 Å². The number of benzene rings is 2. The third kappa shape index (κ3) is 4.87. The Balaban J connectivity index is 1.69. The van der Waals surface area contributed by atoms with Gasteiger partial charge in [-0.15, -0.1) is 11.8 Å². The normalized spacial score (nSPS) is 28.8. The van der Waals surface area contributed by atoms with Gasteiger partial charge in [0, 0.05) is 0 Å². The van der Waals surface area contributed by atoms with Crippen LogP contribution in [0.2, 0.25) is 0 Å². The molecule has 0 unspecified atom stereocenters. The minimum Gasteiger partial charge on any atom is -0.387 e. The maximum absolute atomic E-state index is 10.7. The quantitative estimate of drug-likeness (QED) is 0.802. The Bertz CT molecular complexity index is 652. The number of thioether (sulfide) groups is 1. The van der Waals surface area contributed by atoms with Crippen LogP contribution in [0, 0.1) is 0 Å². The zero-order valence-corrected chi connectivity index (χ0v) is 16.0. The van der Waals surface area contributed by atoms with Crippen LogP contribution >= 0.6 is 11.8 Å². The van der Waals surface area contributed by atoms with Gasteiger partial charge in [-0.3, -0.25) is 0 Å². The van der Waals surface area contributed by atoms with Crippen LogP contribution in [0.5, 0.6) is 0 Å². The summed E-state index contributed by atoms with van der Waals surface area (Å²) in [4.78, 5) is 0. The van der Waals surface area contributed by atoms with Crippen molar-refractivity contribution in [1.82, 2.24) is 0 Å². The molecule has 5 atom stereocenters. The average molecular weight is 375 g/mol. The minimum absolute atomic E-state index is 0.166. The maximum Gasteiger partial charge on any atom is 0.132 e. The Morgan fingerprint density at radius 1 is 0.885 bits per heavy atom. The van der Waals surface area contributed by atoms with Crippen molar-refractivity contribution in [1.29, 1.82) is 0 Å². The molecule has 0 aliphatic carbocycles. The third-order valence-electron chi connectivity index (χ3n) is 4.55. The van der Waals surface area contributed by atoms with Crippen LogP contribution in [-0.4, -0.2) is 41.2 Å². The summed E-state index contributed by atoms with van der Waals surface area (Å²) in [6, 6.07) is 20.0. The maximum atomic E-state index is 10.7. The summed E-state index contributed by atoms with van der Waals surface area (Å²) in [6.07, 6.45) is 0.239. The zero-order chi connectivity index (χ0) is 18.4. The lowest BCUT2D eigenvalue weighted by atomic mass is 10.00. The molecule has 2 aromatic rings. The predicted octanol–water partition coefficient (Wildman–Crippen LogP) is 3.63. The van der Waals surface area contributed by atoms with Crippen LogP contribution in [0.15, 0.2) is 60.7 Å². The molecule has 1 aliphatic rings. The lowest BCUT2D eigenvalue weighted by Gasteiger charge is -2.43. The van der Waals surface area contributed by atoms with Crippen molar-refractivity contribution in [3.05, 3.63) is 71.8 Å². The van der Waals surface area contributed by atoms with Gasteiger partial charge in [-0.05, 0) is 24.3 Å². The first-order valence-corrected chi connectivity index (χ1v) is 10.1. The average Bonchev–Trinajstić information content (AvgIpc) is 2.69. The molecule has 1 heterocycles. The molecular formula is C21H26O4S. The molecule has 4 nitrogen and oxygen atoms in total. The monoisotopic (exact) mass is 374 g/mol. The fourth-order valence-corrected chi connectivity index (χ4v) is 3.86. The zero-order valence-electron chi connectivity index (χ0n) is 15.2. The van der Waals surface area contributed by atoms with Gasteiger partial charge in [0.05, 0.1) is 19.3 Å². The van der Waals surface area contributed by atoms with Crippen molar-refractivity contribution in [3.63, 3.8) is 0 Å². The number of rotatable bonds is 7. The van der Waals surface area contributed by atoms with Crippen molar-refractivity contribution in [2.24, 2.45) is 0 Å². The molecule has 1 N–H and O–H groups in total. The van der Waals surface area contributed by atoms with E-state index in [1.54, 1.807) is 0 Å². The topological polar surface area (TPSA) is 47.9 Å². The second kappa shape index (κ2) is 9.53. The van der Waals surface area contributed by atoms with E-state index in [0.29, 0.717) is 13.2 Å². The highest BCUT2D eigenvalue weighted by Crippen LogP contribution is 2.31. The largest absolute Gasteiger partial charge is 0.387 e.